The van der Waals surface area contributed by atoms with Gasteiger partial charge in [-0.1, -0.05) is 16.8 Å². The predicted molar refractivity (Wildman–Crippen MR) is 136 cm³/mol. The fourth-order valence-electron chi connectivity index (χ4n) is 4.57. The van der Waals surface area contributed by atoms with Crippen LogP contribution in [0, 0.1) is 13.8 Å². The molecule has 0 amide bonds. The maximum absolute atomic E-state index is 11.5. The van der Waals surface area contributed by atoms with E-state index in [-0.39, 0.29) is 0 Å². The van der Waals surface area contributed by atoms with Gasteiger partial charge in [-0.25, -0.2) is 14.6 Å². The molecule has 37 heavy (non-hydrogen) atoms. The van der Waals surface area contributed by atoms with Gasteiger partial charge in [-0.3, -0.25) is 4.57 Å². The van der Waals surface area contributed by atoms with Gasteiger partial charge in [0.05, 0.1) is 33.7 Å². The summed E-state index contributed by atoms with van der Waals surface area (Å²) in [5, 5.41) is 52.8. The third kappa shape index (κ3) is 4.24. The molecule has 5 aromatic rings. The molecule has 5 atom stereocenters. The highest BCUT2D eigenvalue weighted by Crippen LogP contribution is 2.39. The Labute approximate surface area is 222 Å². The Morgan fingerprint density at radius 1 is 1.11 bits per heavy atom. The summed E-state index contributed by atoms with van der Waals surface area (Å²) in [6, 6.07) is 4.80. The molecule has 1 aliphatic rings. The van der Waals surface area contributed by atoms with E-state index in [4.69, 9.17) is 16.3 Å². The average molecular weight is 561 g/mol. The van der Waals surface area contributed by atoms with Gasteiger partial charge in [-0.15, -0.1) is 38.0 Å². The zero-order valence-corrected chi connectivity index (χ0v) is 21.9. The van der Waals surface area contributed by atoms with Crippen LogP contribution in [0.4, 0.5) is 0 Å². The van der Waals surface area contributed by atoms with E-state index >= 15 is 0 Å². The Morgan fingerprint density at radius 3 is 2.70 bits per heavy atom. The fourth-order valence-corrected chi connectivity index (χ4v) is 6.33. The second kappa shape index (κ2) is 9.47. The van der Waals surface area contributed by atoms with Gasteiger partial charge >= 0.3 is 0 Å². The molecule has 1 aromatic carbocycles. The van der Waals surface area contributed by atoms with Gasteiger partial charge in [0.15, 0.2) is 5.82 Å². The van der Waals surface area contributed by atoms with Gasteiger partial charge in [-0.05, 0) is 32.0 Å². The normalized spacial score (nSPS) is 24.2. The molecule has 1 saturated heterocycles. The van der Waals surface area contributed by atoms with Crippen LogP contribution in [0.25, 0.3) is 26.6 Å². The van der Waals surface area contributed by atoms with E-state index in [0.29, 0.717) is 27.5 Å². The van der Waals surface area contributed by atoms with Crippen LogP contribution in [-0.4, -0.2) is 80.0 Å². The van der Waals surface area contributed by atoms with Crippen LogP contribution in [0.2, 0.25) is 5.15 Å². The summed E-state index contributed by atoms with van der Waals surface area (Å²) in [4.78, 5) is 8.71. The average Bonchev–Trinajstić information content (AvgIpc) is 3.65. The van der Waals surface area contributed by atoms with Crippen molar-refractivity contribution in [2.75, 3.05) is 6.61 Å². The number of halogens is 1. The van der Waals surface area contributed by atoms with Gasteiger partial charge in [0.1, 0.15) is 52.1 Å². The molecule has 5 heterocycles. The molecular weight excluding hydrogens is 540 g/mol. The van der Waals surface area contributed by atoms with Crippen molar-refractivity contribution in [2.24, 2.45) is 0 Å². The number of hydrogen-bond donors (Lipinski definition) is 3. The van der Waals surface area contributed by atoms with Crippen LogP contribution < -0.4 is 0 Å². The molecule has 0 radical (unpaired) electrons. The molecule has 0 bridgehead atoms. The Morgan fingerprint density at radius 2 is 1.95 bits per heavy atom. The first-order valence-corrected chi connectivity index (χ1v) is 13.4. The SMILES string of the molecule is Cc1nc2ccc(-n3c(C)nnc3[C@@H]3O[C@H](CO)[C@H](O)[C@H](n4cc(-c5nc(Cl)cs5)nn4)[C@H]3O)cc2s1. The largest absolute Gasteiger partial charge is 0.394 e. The lowest BCUT2D eigenvalue weighted by atomic mass is 9.92. The molecule has 4 aromatic heterocycles. The highest BCUT2D eigenvalue weighted by atomic mass is 35.5. The van der Waals surface area contributed by atoms with Crippen molar-refractivity contribution >= 4 is 44.5 Å². The topological polar surface area (TPSA) is 157 Å². The number of fused-ring (bicyclic) bond motifs is 1. The van der Waals surface area contributed by atoms with E-state index in [9.17, 15) is 15.3 Å². The van der Waals surface area contributed by atoms with Crippen LogP contribution in [0.3, 0.4) is 0 Å². The number of aromatic nitrogens is 8. The van der Waals surface area contributed by atoms with E-state index in [1.807, 2.05) is 25.1 Å². The van der Waals surface area contributed by atoms with Crippen molar-refractivity contribution in [1.82, 2.24) is 39.7 Å². The van der Waals surface area contributed by atoms with Crippen molar-refractivity contribution < 1.29 is 20.1 Å². The third-order valence-electron chi connectivity index (χ3n) is 6.24. The number of aryl methyl sites for hydroxylation is 2. The Balaban J connectivity index is 1.39. The summed E-state index contributed by atoms with van der Waals surface area (Å²) in [5.74, 6) is 0.909. The maximum Gasteiger partial charge on any atom is 0.169 e. The predicted octanol–water partition coefficient (Wildman–Crippen LogP) is 2.26. The molecule has 0 spiro atoms. The van der Waals surface area contributed by atoms with Gasteiger partial charge in [0.2, 0.25) is 0 Å². The standard InChI is InChI=1S/C22H21ClN8O4S2/c1-9-26-28-21(31(9)11-3-4-12-15(5-11)37-10(2)24-12)20-19(34)17(18(33)14(7-32)35-20)30-6-13(27-29-30)22-25-16(23)8-36-22/h3-6,8,14,17-20,32-34H,7H2,1-2H3/t14-,17+,18+,19-,20-/m1/s1. The minimum atomic E-state index is -1.30. The second-order valence-corrected chi connectivity index (χ2v) is 11.1. The van der Waals surface area contributed by atoms with Crippen LogP contribution in [0.5, 0.6) is 0 Å². The van der Waals surface area contributed by atoms with Crippen molar-refractivity contribution in [3.63, 3.8) is 0 Å². The minimum absolute atomic E-state index is 0.327. The van der Waals surface area contributed by atoms with Crippen molar-refractivity contribution in [3.8, 4) is 16.4 Å². The fraction of sp³-hybridized carbons (Fsp3) is 0.364. The first kappa shape index (κ1) is 24.5. The van der Waals surface area contributed by atoms with Crippen LogP contribution in [0.1, 0.15) is 28.8 Å². The summed E-state index contributed by atoms with van der Waals surface area (Å²) in [7, 11) is 0. The molecule has 15 heteroatoms. The highest BCUT2D eigenvalue weighted by Gasteiger charge is 2.48. The van der Waals surface area contributed by atoms with Crippen LogP contribution in [-0.2, 0) is 4.74 Å². The van der Waals surface area contributed by atoms with E-state index < -0.39 is 37.1 Å². The van der Waals surface area contributed by atoms with E-state index in [2.05, 4.69) is 30.5 Å². The number of hydrogen-bond acceptors (Lipinski definition) is 12. The van der Waals surface area contributed by atoms with Crippen molar-refractivity contribution in [2.45, 2.75) is 44.3 Å². The number of thiazole rings is 2. The molecule has 12 nitrogen and oxygen atoms in total. The number of rotatable bonds is 5. The smallest absolute Gasteiger partial charge is 0.169 e. The van der Waals surface area contributed by atoms with Gasteiger partial charge < -0.3 is 20.1 Å². The second-order valence-electron chi connectivity index (χ2n) is 8.63. The zero-order chi connectivity index (χ0) is 25.8. The zero-order valence-electron chi connectivity index (χ0n) is 19.5. The van der Waals surface area contributed by atoms with Gasteiger partial charge in [0.25, 0.3) is 0 Å². The quantitative estimate of drug-likeness (QED) is 0.291. The Bertz CT molecular complexity index is 1580. The van der Waals surface area contributed by atoms with E-state index in [1.165, 1.54) is 16.0 Å². The lowest BCUT2D eigenvalue weighted by Crippen LogP contribution is -2.53. The number of nitrogens with zero attached hydrogens (tertiary/aromatic N) is 8. The molecule has 1 fully saturated rings. The summed E-state index contributed by atoms with van der Waals surface area (Å²) in [6.07, 6.45) is -3.06. The first-order chi connectivity index (χ1) is 17.8. The Kier molecular flexibility index (Phi) is 6.27. The lowest BCUT2D eigenvalue weighted by molar-refractivity contribution is -0.210. The number of benzene rings is 1. The summed E-state index contributed by atoms with van der Waals surface area (Å²) >= 11 is 8.81. The van der Waals surface area contributed by atoms with E-state index in [1.54, 1.807) is 34.4 Å². The monoisotopic (exact) mass is 560 g/mol. The number of ether oxygens (including phenoxy) is 1. The summed E-state index contributed by atoms with van der Waals surface area (Å²) in [5.41, 5.74) is 2.10. The molecule has 0 unspecified atom stereocenters. The summed E-state index contributed by atoms with van der Waals surface area (Å²) < 4.78 is 10.1. The molecule has 0 aliphatic carbocycles. The number of aliphatic hydroxyl groups excluding tert-OH is 3. The molecule has 0 saturated carbocycles. The summed E-state index contributed by atoms with van der Waals surface area (Å²) in [6.45, 7) is 3.27. The molecule has 192 valence electrons. The van der Waals surface area contributed by atoms with Gasteiger partial charge in [-0.2, -0.15) is 0 Å². The highest BCUT2D eigenvalue weighted by molar-refractivity contribution is 7.18. The van der Waals surface area contributed by atoms with Gasteiger partial charge in [0, 0.05) is 5.38 Å². The van der Waals surface area contributed by atoms with Crippen molar-refractivity contribution in [1.29, 1.82) is 0 Å². The van der Waals surface area contributed by atoms with Crippen LogP contribution >= 0.6 is 34.3 Å². The third-order valence-corrected chi connectivity index (χ3v) is 8.37. The van der Waals surface area contributed by atoms with Crippen molar-refractivity contribution in [3.05, 3.63) is 51.6 Å². The van der Waals surface area contributed by atoms with Crippen LogP contribution in [0.15, 0.2) is 29.8 Å². The molecule has 3 N–H and O–H groups in total. The minimum Gasteiger partial charge on any atom is -0.394 e. The maximum atomic E-state index is 11.5. The molecule has 1 aliphatic heterocycles. The lowest BCUT2D eigenvalue weighted by Gasteiger charge is -2.41. The first-order valence-electron chi connectivity index (χ1n) is 11.3. The molecular formula is C22H21ClN8O4S2. The number of aliphatic hydroxyl groups is 3. The van der Waals surface area contributed by atoms with E-state index in [0.717, 1.165) is 20.9 Å². The Hall–Kier alpha value is -2.85. The molecule has 6 rings (SSSR count).